The molecule has 13 nitrogen and oxygen atoms in total. The lowest BCUT2D eigenvalue weighted by Gasteiger charge is -2.48. The first kappa shape index (κ1) is 23.8. The van der Waals surface area contributed by atoms with Crippen LogP contribution in [0.3, 0.4) is 0 Å². The van der Waals surface area contributed by atoms with Crippen molar-refractivity contribution in [1.82, 2.24) is 0 Å². The molecule has 13 heteroatoms. The molecule has 0 spiro atoms. The number of aliphatic hydroxyl groups is 10. The molecule has 2 rings (SSSR count). The summed E-state index contributed by atoms with van der Waals surface area (Å²) in [4.78, 5) is 0. The number of hydrogen-bond donors (Lipinski definition) is 11. The highest BCUT2D eigenvalue weighted by atomic mass is 16.7. The van der Waals surface area contributed by atoms with E-state index in [2.05, 4.69) is 0 Å². The first-order valence-corrected chi connectivity index (χ1v) is 8.76. The average Bonchev–Trinajstić information content (AvgIpc) is 2.64. The summed E-state index contributed by atoms with van der Waals surface area (Å²) in [6, 6.07) is -1.28. The molecule has 2 saturated heterocycles. The highest BCUT2D eigenvalue weighted by Crippen LogP contribution is 2.35. The number of rotatable bonds is 6. The number of hydrogen-bond acceptors (Lipinski definition) is 13. The Morgan fingerprint density at radius 2 is 1.00 bits per heavy atom. The predicted octanol–water partition coefficient (Wildman–Crippen LogP) is -6.58. The Morgan fingerprint density at radius 1 is 0.679 bits per heavy atom. The molecule has 0 bridgehead atoms. The van der Waals surface area contributed by atoms with Crippen molar-refractivity contribution in [2.45, 2.75) is 79.3 Å². The number of ether oxygens (including phenoxy) is 2. The van der Waals surface area contributed by atoms with Crippen molar-refractivity contribution in [2.24, 2.45) is 5.73 Å². The van der Waals surface area contributed by atoms with Crippen LogP contribution in [0, 0.1) is 0 Å². The maximum absolute atomic E-state index is 10.5. The van der Waals surface area contributed by atoms with Crippen LogP contribution in [-0.4, -0.2) is 131 Å². The van der Waals surface area contributed by atoms with E-state index in [0.29, 0.717) is 0 Å². The fraction of sp³-hybridized carbons (Fsp3) is 1.00. The van der Waals surface area contributed by atoms with E-state index in [0.717, 1.165) is 0 Å². The van der Waals surface area contributed by atoms with Crippen LogP contribution in [-0.2, 0) is 9.47 Å². The van der Waals surface area contributed by atoms with Crippen LogP contribution in [0.2, 0.25) is 0 Å². The molecular formula is C15H29NO12. The second kappa shape index (κ2) is 8.69. The van der Waals surface area contributed by atoms with Crippen molar-refractivity contribution in [2.75, 3.05) is 13.2 Å². The maximum Gasteiger partial charge on any atom is 0.196 e. The summed E-state index contributed by atoms with van der Waals surface area (Å²) < 4.78 is 10.1. The predicted molar refractivity (Wildman–Crippen MR) is 87.1 cm³/mol. The summed E-state index contributed by atoms with van der Waals surface area (Å²) in [7, 11) is 0. The minimum Gasteiger partial charge on any atom is -0.394 e. The standard InChI is InChI=1S/C15H29NO12/c16-5(1-14(25)12(23)10(21)8(19)6(3-17)27-14)2-15(26)13(24)11(22)9(20)7(4-18)28-15/h5-13,17-26H,1-4,16H2/t5?,6-,7+,8-,9+,10+,11-,12+,13-,14+,15-. The van der Waals surface area contributed by atoms with Crippen molar-refractivity contribution in [3.63, 3.8) is 0 Å². The van der Waals surface area contributed by atoms with Gasteiger partial charge in [-0.15, -0.1) is 0 Å². The molecule has 28 heavy (non-hydrogen) atoms. The second-order valence-corrected chi connectivity index (χ2v) is 7.39. The van der Waals surface area contributed by atoms with Gasteiger partial charge in [0.25, 0.3) is 0 Å². The van der Waals surface area contributed by atoms with Gasteiger partial charge in [-0.25, -0.2) is 0 Å². The average molecular weight is 415 g/mol. The van der Waals surface area contributed by atoms with Crippen LogP contribution in [0.25, 0.3) is 0 Å². The zero-order valence-corrected chi connectivity index (χ0v) is 14.9. The largest absolute Gasteiger partial charge is 0.394 e. The lowest BCUT2D eigenvalue weighted by atomic mass is 9.84. The second-order valence-electron chi connectivity index (χ2n) is 7.39. The van der Waals surface area contributed by atoms with E-state index in [1.165, 1.54) is 0 Å². The van der Waals surface area contributed by atoms with Crippen LogP contribution in [0.4, 0.5) is 0 Å². The summed E-state index contributed by atoms with van der Waals surface area (Å²) in [6.45, 7) is -1.56. The fourth-order valence-electron chi connectivity index (χ4n) is 3.60. The SMILES string of the molecule is NC(C[C@@]1(O)O[C@@H](CO)[C@H](O)[C@@H](O)[C@H]1O)C[C@]1(O)O[C@H](CO)[C@@H](O)[C@H](O)[C@@H]1O. The molecule has 2 aliphatic heterocycles. The van der Waals surface area contributed by atoms with Crippen LogP contribution < -0.4 is 5.73 Å². The molecule has 0 saturated carbocycles. The molecule has 0 aromatic carbocycles. The van der Waals surface area contributed by atoms with E-state index in [1.807, 2.05) is 0 Å². The van der Waals surface area contributed by atoms with E-state index < -0.39 is 92.5 Å². The van der Waals surface area contributed by atoms with E-state index in [4.69, 9.17) is 15.2 Å². The van der Waals surface area contributed by atoms with Crippen molar-refractivity contribution in [3.8, 4) is 0 Å². The molecule has 0 aromatic heterocycles. The van der Waals surface area contributed by atoms with Crippen molar-refractivity contribution < 1.29 is 60.5 Å². The molecule has 2 fully saturated rings. The Bertz CT molecular complexity index is 479. The van der Waals surface area contributed by atoms with E-state index in [-0.39, 0.29) is 0 Å². The first-order valence-electron chi connectivity index (χ1n) is 8.76. The van der Waals surface area contributed by atoms with Gasteiger partial charge in [0.15, 0.2) is 11.6 Å². The molecular weight excluding hydrogens is 386 g/mol. The summed E-state index contributed by atoms with van der Waals surface area (Å²) in [6.07, 6.45) is -15.2. The summed E-state index contributed by atoms with van der Waals surface area (Å²) in [5, 5.41) is 98.6. The van der Waals surface area contributed by atoms with Crippen molar-refractivity contribution in [1.29, 1.82) is 0 Å². The fourth-order valence-corrected chi connectivity index (χ4v) is 3.60. The normalized spacial score (nSPS) is 51.1. The van der Waals surface area contributed by atoms with Crippen molar-refractivity contribution >= 4 is 0 Å². The summed E-state index contributed by atoms with van der Waals surface area (Å²) in [5.41, 5.74) is 5.85. The highest BCUT2D eigenvalue weighted by molar-refractivity contribution is 5.00. The van der Waals surface area contributed by atoms with Gasteiger partial charge in [-0.3, -0.25) is 0 Å². The Hall–Kier alpha value is -0.520. The molecule has 2 aliphatic rings. The third-order valence-electron chi connectivity index (χ3n) is 5.21. The van der Waals surface area contributed by atoms with Crippen LogP contribution in [0.1, 0.15) is 12.8 Å². The Kier molecular flexibility index (Phi) is 7.37. The molecule has 166 valence electrons. The van der Waals surface area contributed by atoms with Gasteiger partial charge in [0.2, 0.25) is 0 Å². The smallest absolute Gasteiger partial charge is 0.196 e. The molecule has 0 aromatic rings. The molecule has 11 atom stereocenters. The quantitative estimate of drug-likeness (QED) is 0.193. The van der Waals surface area contributed by atoms with Gasteiger partial charge in [0, 0.05) is 18.9 Å². The molecule has 12 N–H and O–H groups in total. The molecule has 1 unspecified atom stereocenters. The number of aliphatic hydroxyl groups excluding tert-OH is 8. The molecule has 0 aliphatic carbocycles. The molecule has 0 amide bonds. The third kappa shape index (κ3) is 4.32. The van der Waals surface area contributed by atoms with Crippen LogP contribution >= 0.6 is 0 Å². The topological polar surface area (TPSA) is 247 Å². The summed E-state index contributed by atoms with van der Waals surface area (Å²) in [5.74, 6) is -5.04. The molecule has 2 heterocycles. The zero-order chi connectivity index (χ0) is 21.4. The minimum atomic E-state index is -2.52. The Labute approximate surface area is 159 Å². The highest BCUT2D eigenvalue weighted by Gasteiger charge is 2.56. The van der Waals surface area contributed by atoms with E-state index in [9.17, 15) is 51.1 Å². The Morgan fingerprint density at radius 3 is 1.29 bits per heavy atom. The van der Waals surface area contributed by atoms with E-state index >= 15 is 0 Å². The van der Waals surface area contributed by atoms with Crippen LogP contribution in [0.5, 0.6) is 0 Å². The lowest BCUT2D eigenvalue weighted by molar-refractivity contribution is -0.363. The van der Waals surface area contributed by atoms with Crippen molar-refractivity contribution in [3.05, 3.63) is 0 Å². The molecule has 0 radical (unpaired) electrons. The monoisotopic (exact) mass is 415 g/mol. The first-order chi connectivity index (χ1) is 12.9. The van der Waals surface area contributed by atoms with Gasteiger partial charge in [0.05, 0.1) is 13.2 Å². The third-order valence-corrected chi connectivity index (χ3v) is 5.21. The number of nitrogens with two attached hydrogens (primary N) is 1. The Balaban J connectivity index is 2.12. The maximum atomic E-state index is 10.5. The zero-order valence-electron chi connectivity index (χ0n) is 14.9. The lowest BCUT2D eigenvalue weighted by Crippen LogP contribution is -2.68. The van der Waals surface area contributed by atoms with Gasteiger partial charge in [-0.1, -0.05) is 0 Å². The summed E-state index contributed by atoms with van der Waals surface area (Å²) >= 11 is 0. The van der Waals surface area contributed by atoms with Gasteiger partial charge < -0.3 is 66.3 Å². The van der Waals surface area contributed by atoms with Gasteiger partial charge in [0.1, 0.15) is 48.8 Å². The van der Waals surface area contributed by atoms with Crippen LogP contribution in [0.15, 0.2) is 0 Å². The minimum absolute atomic E-state index is 0.644. The van der Waals surface area contributed by atoms with Gasteiger partial charge in [-0.2, -0.15) is 0 Å². The van der Waals surface area contributed by atoms with E-state index in [1.54, 1.807) is 0 Å². The van der Waals surface area contributed by atoms with Gasteiger partial charge >= 0.3 is 0 Å². The van der Waals surface area contributed by atoms with Gasteiger partial charge in [-0.05, 0) is 0 Å².